The highest BCUT2D eigenvalue weighted by molar-refractivity contribution is 7.17. The summed E-state index contributed by atoms with van der Waals surface area (Å²) < 4.78 is 34.3. The topological polar surface area (TPSA) is 193 Å². The molecule has 0 atom stereocenters. The Hall–Kier alpha value is -7.10. The van der Waals surface area contributed by atoms with Gasteiger partial charge in [-0.15, -0.1) is 20.4 Å². The average Bonchev–Trinajstić information content (AvgIpc) is 3.98. The minimum Gasteiger partial charge on any atom is -0.494 e. The molecule has 0 aliphatic rings. The molecule has 0 aliphatic carbocycles. The van der Waals surface area contributed by atoms with Gasteiger partial charge in [0, 0.05) is 35.1 Å². The van der Waals surface area contributed by atoms with Gasteiger partial charge in [0.2, 0.25) is 11.8 Å². The molecule has 0 saturated carbocycles. The summed E-state index contributed by atoms with van der Waals surface area (Å²) in [6, 6.07) is 26.2. The van der Waals surface area contributed by atoms with Gasteiger partial charge in [0.1, 0.15) is 45.2 Å². The molecule has 324 valence electrons. The molecule has 15 heteroatoms. The zero-order chi connectivity index (χ0) is 44.9. The van der Waals surface area contributed by atoms with E-state index in [-0.39, 0.29) is 44.2 Å². The predicted octanol–water partition coefficient (Wildman–Crippen LogP) is 10.1. The van der Waals surface area contributed by atoms with Crippen molar-refractivity contribution in [3.63, 3.8) is 0 Å². The molecule has 0 unspecified atom stereocenters. The fourth-order valence-electron chi connectivity index (χ4n) is 6.48. The highest BCUT2D eigenvalue weighted by Crippen LogP contribution is 2.36. The molecule has 0 aliphatic heterocycles. The van der Waals surface area contributed by atoms with Crippen molar-refractivity contribution < 1.29 is 37.7 Å². The van der Waals surface area contributed by atoms with Crippen LogP contribution in [0.1, 0.15) is 89.5 Å². The maximum atomic E-state index is 12.4. The third-order valence-electron chi connectivity index (χ3n) is 9.46. The van der Waals surface area contributed by atoms with Crippen molar-refractivity contribution in [1.82, 2.24) is 20.4 Å². The van der Waals surface area contributed by atoms with Gasteiger partial charge in [0.25, 0.3) is 0 Å². The van der Waals surface area contributed by atoms with Crippen molar-refractivity contribution in [2.45, 2.75) is 92.3 Å². The maximum Gasteiger partial charge on any atom is 0.313 e. The van der Waals surface area contributed by atoms with Gasteiger partial charge in [-0.25, -0.2) is 0 Å². The molecular weight excluding hydrogens is 821 g/mol. The number of nitrogens with zero attached hydrogens (tertiary/aromatic N) is 6. The summed E-state index contributed by atoms with van der Waals surface area (Å²) in [5.74, 6) is 1.68. The van der Waals surface area contributed by atoms with Crippen LogP contribution in [0.25, 0.3) is 44.1 Å². The summed E-state index contributed by atoms with van der Waals surface area (Å²) in [6.45, 7) is 12.2. The van der Waals surface area contributed by atoms with Crippen LogP contribution in [0.2, 0.25) is 0 Å². The molecule has 2 heterocycles. The smallest absolute Gasteiger partial charge is 0.313 e. The Bertz CT molecular complexity index is 2460. The first-order valence-electron chi connectivity index (χ1n) is 20.8. The molecule has 0 spiro atoms. The van der Waals surface area contributed by atoms with Gasteiger partial charge in [-0.2, -0.15) is 10.5 Å². The third-order valence-corrected chi connectivity index (χ3v) is 10.5. The number of aromatic nitrogens is 4. The number of carbonyl (C=O) groups excluding carboxylic acids is 2. The average molecular weight is 869 g/mol. The van der Waals surface area contributed by atoms with E-state index in [0.29, 0.717) is 69.8 Å². The third kappa shape index (κ3) is 12.1. The van der Waals surface area contributed by atoms with Crippen molar-refractivity contribution in [2.24, 2.45) is 0 Å². The molecule has 4 aromatic carbocycles. The molecule has 6 aromatic rings. The van der Waals surface area contributed by atoms with E-state index >= 15 is 0 Å². The van der Waals surface area contributed by atoms with Gasteiger partial charge < -0.3 is 28.1 Å². The normalized spacial score (nSPS) is 11.0. The predicted molar refractivity (Wildman–Crippen MR) is 236 cm³/mol. The van der Waals surface area contributed by atoms with Crippen LogP contribution < -0.4 is 18.9 Å². The Morgan fingerprint density at radius 3 is 1.70 bits per heavy atom. The van der Waals surface area contributed by atoms with Crippen LogP contribution in [0.15, 0.2) is 77.2 Å². The van der Waals surface area contributed by atoms with Crippen molar-refractivity contribution >= 4 is 23.3 Å². The molecular formula is C48H48N6O8S. The van der Waals surface area contributed by atoms with E-state index < -0.39 is 11.9 Å². The molecule has 0 bridgehead atoms. The van der Waals surface area contributed by atoms with E-state index in [1.54, 1.807) is 36.4 Å². The number of rotatable bonds is 20. The molecule has 0 radical (unpaired) electrons. The number of hydrogen-bond donors (Lipinski definition) is 0. The van der Waals surface area contributed by atoms with Crippen molar-refractivity contribution in [2.75, 3.05) is 13.2 Å². The summed E-state index contributed by atoms with van der Waals surface area (Å²) in [4.78, 5) is 24.8. The van der Waals surface area contributed by atoms with Crippen LogP contribution in [-0.4, -0.2) is 57.8 Å². The minimum atomic E-state index is -0.615. The molecule has 0 fully saturated rings. The van der Waals surface area contributed by atoms with Crippen LogP contribution in [0.3, 0.4) is 0 Å². The van der Waals surface area contributed by atoms with Crippen molar-refractivity contribution in [1.29, 1.82) is 10.5 Å². The zero-order valence-electron chi connectivity index (χ0n) is 36.1. The first-order valence-corrected chi connectivity index (χ1v) is 21.6. The Kier molecular flexibility index (Phi) is 15.6. The lowest BCUT2D eigenvalue weighted by Gasteiger charge is -2.11. The summed E-state index contributed by atoms with van der Waals surface area (Å²) in [6.07, 6.45) is 2.05. The standard InChI is InChI=1S/C48H48N6O8S/c1-7-31-25-37(15-17-39(31)46-52-51-45(62-46)33-13-19-41(59-29(3)4)35(23-33)27-49)57-21-9-11-43(55)61-44(56)12-10-22-58-38-16-18-40(32(8-2)26-38)48-54-53-47(63-48)34-14-20-42(60-30(5)6)36(24-34)28-50/h13-20,23-26,29-30H,7-12,21-22H2,1-6H3. The number of ether oxygens (including phenoxy) is 5. The summed E-state index contributed by atoms with van der Waals surface area (Å²) in [5.41, 5.74) is 5.85. The fourth-order valence-corrected chi connectivity index (χ4v) is 7.38. The van der Waals surface area contributed by atoms with E-state index in [0.717, 1.165) is 39.2 Å². The lowest BCUT2D eigenvalue weighted by Crippen LogP contribution is -2.14. The largest absolute Gasteiger partial charge is 0.494 e. The van der Waals surface area contributed by atoms with E-state index in [2.05, 4.69) is 32.5 Å². The summed E-state index contributed by atoms with van der Waals surface area (Å²) in [7, 11) is 0. The quantitative estimate of drug-likeness (QED) is 0.0400. The molecule has 6 rings (SSSR count). The van der Waals surface area contributed by atoms with E-state index in [1.165, 1.54) is 11.3 Å². The number of benzene rings is 4. The first-order chi connectivity index (χ1) is 30.5. The number of esters is 2. The monoisotopic (exact) mass is 868 g/mol. The Labute approximate surface area is 370 Å². The first kappa shape index (κ1) is 45.4. The lowest BCUT2D eigenvalue weighted by molar-refractivity contribution is -0.159. The molecule has 14 nitrogen and oxygen atoms in total. The highest BCUT2D eigenvalue weighted by atomic mass is 32.1. The van der Waals surface area contributed by atoms with E-state index in [9.17, 15) is 20.1 Å². The number of carbonyl (C=O) groups is 2. The Morgan fingerprint density at radius 2 is 1.14 bits per heavy atom. The molecule has 2 aromatic heterocycles. The van der Waals surface area contributed by atoms with Gasteiger partial charge in [0.15, 0.2) is 0 Å². The summed E-state index contributed by atoms with van der Waals surface area (Å²) >= 11 is 1.44. The maximum absolute atomic E-state index is 12.4. The summed E-state index contributed by atoms with van der Waals surface area (Å²) in [5, 5.41) is 38.0. The molecule has 63 heavy (non-hydrogen) atoms. The zero-order valence-corrected chi connectivity index (χ0v) is 36.9. The van der Waals surface area contributed by atoms with Gasteiger partial charge in [0.05, 0.1) is 36.5 Å². The minimum absolute atomic E-state index is 0.0203. The second-order valence-electron chi connectivity index (χ2n) is 14.9. The van der Waals surface area contributed by atoms with Gasteiger partial charge in [-0.3, -0.25) is 9.59 Å². The van der Waals surface area contributed by atoms with Crippen molar-refractivity contribution in [3.05, 3.63) is 95.1 Å². The number of nitriles is 2. The van der Waals surface area contributed by atoms with Crippen LogP contribution in [0.4, 0.5) is 0 Å². The Morgan fingerprint density at radius 1 is 0.635 bits per heavy atom. The SMILES string of the molecule is CCc1cc(OCCCC(=O)OC(=O)CCCOc2ccc(-c3nnc(-c4ccc(OC(C)C)c(C#N)c4)s3)c(CC)c2)ccc1-c1nnc(-c2ccc(OC(C)C)c(C#N)c2)o1. The van der Waals surface area contributed by atoms with Crippen molar-refractivity contribution in [3.8, 4) is 79.2 Å². The van der Waals surface area contributed by atoms with Crippen LogP contribution in [-0.2, 0) is 27.2 Å². The lowest BCUT2D eigenvalue weighted by atomic mass is 10.0. The van der Waals surface area contributed by atoms with Gasteiger partial charge >= 0.3 is 11.9 Å². The van der Waals surface area contributed by atoms with Crippen LogP contribution in [0.5, 0.6) is 23.0 Å². The van der Waals surface area contributed by atoms with Gasteiger partial charge in [-0.05, 0) is 137 Å². The highest BCUT2D eigenvalue weighted by Gasteiger charge is 2.18. The molecule has 0 saturated heterocycles. The van der Waals surface area contributed by atoms with E-state index in [1.807, 2.05) is 77.9 Å². The molecule has 0 N–H and O–H groups in total. The molecule has 0 amide bonds. The second-order valence-corrected chi connectivity index (χ2v) is 15.9. The number of aryl methyl sites for hydroxylation is 2. The fraction of sp³-hybridized carbons (Fsp3) is 0.333. The van der Waals surface area contributed by atoms with Gasteiger partial charge in [-0.1, -0.05) is 25.2 Å². The van der Waals surface area contributed by atoms with Crippen LogP contribution >= 0.6 is 11.3 Å². The second kappa shape index (κ2) is 21.6. The van der Waals surface area contributed by atoms with Crippen LogP contribution in [0, 0.1) is 22.7 Å². The Balaban J connectivity index is 0.919. The number of hydrogen-bond acceptors (Lipinski definition) is 15. The van der Waals surface area contributed by atoms with E-state index in [4.69, 9.17) is 28.1 Å².